The highest BCUT2D eigenvalue weighted by Gasteiger charge is 2.23. The number of rotatable bonds is 6. The van der Waals surface area contributed by atoms with Gasteiger partial charge in [-0.15, -0.1) is 0 Å². The monoisotopic (exact) mass is 533 g/mol. The van der Waals surface area contributed by atoms with E-state index in [1.54, 1.807) is 53.5 Å². The van der Waals surface area contributed by atoms with Gasteiger partial charge in [-0.3, -0.25) is 9.55 Å². The average molecular weight is 534 g/mol. The Hall–Kier alpha value is -3.80. The number of fused-ring (bicyclic) bond motifs is 2. The normalized spacial score (nSPS) is 16.4. The number of pyridine rings is 2. The topological polar surface area (TPSA) is 121 Å². The molecule has 5 aromatic rings. The second-order valence-electron chi connectivity index (χ2n) is 9.37. The third-order valence-electron chi connectivity index (χ3n) is 6.93. The fraction of sp³-hybridized carbons (Fsp3) is 0.296. The molecule has 1 atom stereocenters. The first-order valence-corrected chi connectivity index (χ1v) is 13.9. The second-order valence-corrected chi connectivity index (χ2v) is 11.2. The number of aromatic amines is 1. The van der Waals surface area contributed by atoms with Crippen molar-refractivity contribution < 1.29 is 17.9 Å². The molecule has 0 saturated carbocycles. The van der Waals surface area contributed by atoms with Crippen molar-refractivity contribution in [3.05, 3.63) is 76.6 Å². The molecule has 6 rings (SSSR count). The molecule has 0 radical (unpaired) electrons. The number of aromatic nitrogens is 5. The average Bonchev–Trinajstić information content (AvgIpc) is 3.50. The third kappa shape index (κ3) is 4.12. The Bertz CT molecular complexity index is 1810. The van der Waals surface area contributed by atoms with E-state index in [4.69, 9.17) is 9.47 Å². The van der Waals surface area contributed by atoms with Crippen LogP contribution < -0.4 is 5.69 Å². The van der Waals surface area contributed by atoms with Gasteiger partial charge in [-0.25, -0.2) is 27.2 Å². The SMILES string of the molecule is CCc1c(-c2cnc3[nH]c(=O)n(C[C@H]4COCCO4)c3c2)cnc2c1ccn2S(=O)(=O)c1ccc(C)cc1. The maximum atomic E-state index is 13.4. The third-order valence-corrected chi connectivity index (χ3v) is 8.62. The van der Waals surface area contributed by atoms with Crippen molar-refractivity contribution in [3.63, 3.8) is 0 Å². The van der Waals surface area contributed by atoms with Crippen LogP contribution in [-0.2, 0) is 32.5 Å². The first kappa shape index (κ1) is 24.5. The number of aryl methyl sites for hydroxylation is 2. The number of hydrogen-bond donors (Lipinski definition) is 1. The summed E-state index contributed by atoms with van der Waals surface area (Å²) in [6.07, 6.45) is 5.36. The highest BCUT2D eigenvalue weighted by Crippen LogP contribution is 2.32. The van der Waals surface area contributed by atoms with Crippen LogP contribution in [0.3, 0.4) is 0 Å². The summed E-state index contributed by atoms with van der Waals surface area (Å²) in [5.74, 6) is 0. The van der Waals surface area contributed by atoms with E-state index in [1.165, 1.54) is 3.97 Å². The Morgan fingerprint density at radius 1 is 1.11 bits per heavy atom. The minimum Gasteiger partial charge on any atom is -0.376 e. The molecule has 5 heterocycles. The lowest BCUT2D eigenvalue weighted by Gasteiger charge is -2.23. The van der Waals surface area contributed by atoms with Gasteiger partial charge in [-0.05, 0) is 43.2 Å². The van der Waals surface area contributed by atoms with Crippen LogP contribution in [-0.4, -0.2) is 57.8 Å². The maximum Gasteiger partial charge on any atom is 0.327 e. The Morgan fingerprint density at radius 3 is 2.66 bits per heavy atom. The lowest BCUT2D eigenvalue weighted by molar-refractivity contribution is -0.0934. The first-order valence-electron chi connectivity index (χ1n) is 12.5. The van der Waals surface area contributed by atoms with Crippen LogP contribution in [0.1, 0.15) is 18.1 Å². The fourth-order valence-corrected chi connectivity index (χ4v) is 6.27. The Labute approximate surface area is 218 Å². The summed E-state index contributed by atoms with van der Waals surface area (Å²) in [4.78, 5) is 24.8. The molecule has 1 aliphatic heterocycles. The Balaban J connectivity index is 1.44. The standard InChI is InChI=1S/C27H27N5O5S/c1-3-21-22-8-9-32(38(34,35)20-6-4-17(2)5-7-20)26(22)29-14-23(21)18-12-24-25(28-13-18)30-27(33)31(24)15-19-16-36-10-11-37-19/h4-9,12-14,19H,3,10-11,15-16H2,1-2H3,(H,28,30,33)/t19-/m0/s1. The van der Waals surface area contributed by atoms with Crippen molar-refractivity contribution >= 4 is 32.2 Å². The summed E-state index contributed by atoms with van der Waals surface area (Å²) in [5, 5.41) is 0.750. The van der Waals surface area contributed by atoms with Crippen LogP contribution in [0.2, 0.25) is 0 Å². The molecule has 1 aromatic carbocycles. The number of ether oxygens (including phenoxy) is 2. The van der Waals surface area contributed by atoms with Crippen LogP contribution in [0, 0.1) is 6.92 Å². The highest BCUT2D eigenvalue weighted by atomic mass is 32.2. The Morgan fingerprint density at radius 2 is 1.92 bits per heavy atom. The van der Waals surface area contributed by atoms with Crippen molar-refractivity contribution in [2.75, 3.05) is 19.8 Å². The largest absolute Gasteiger partial charge is 0.376 e. The zero-order valence-corrected chi connectivity index (χ0v) is 21.9. The van der Waals surface area contributed by atoms with E-state index in [2.05, 4.69) is 15.0 Å². The molecule has 196 valence electrons. The summed E-state index contributed by atoms with van der Waals surface area (Å²) in [6.45, 7) is 5.75. The minimum atomic E-state index is -3.81. The van der Waals surface area contributed by atoms with Gasteiger partial charge in [0.2, 0.25) is 0 Å². The summed E-state index contributed by atoms with van der Waals surface area (Å²) in [6, 6.07) is 10.5. The minimum absolute atomic E-state index is 0.206. The van der Waals surface area contributed by atoms with Gasteiger partial charge >= 0.3 is 5.69 Å². The van der Waals surface area contributed by atoms with E-state index in [0.717, 1.165) is 27.6 Å². The first-order chi connectivity index (χ1) is 18.4. The van der Waals surface area contributed by atoms with Crippen LogP contribution in [0.15, 0.2) is 64.7 Å². The number of hydrogen-bond acceptors (Lipinski definition) is 7. The fourth-order valence-electron chi connectivity index (χ4n) is 4.97. The molecule has 38 heavy (non-hydrogen) atoms. The molecule has 0 bridgehead atoms. The van der Waals surface area contributed by atoms with Crippen LogP contribution in [0.4, 0.5) is 0 Å². The van der Waals surface area contributed by atoms with E-state index >= 15 is 0 Å². The molecule has 0 spiro atoms. The summed E-state index contributed by atoms with van der Waals surface area (Å²) < 4.78 is 40.8. The van der Waals surface area contributed by atoms with Gasteiger partial charge in [-0.1, -0.05) is 24.6 Å². The van der Waals surface area contributed by atoms with Gasteiger partial charge in [0, 0.05) is 35.1 Å². The van der Waals surface area contributed by atoms with Crippen LogP contribution >= 0.6 is 0 Å². The molecule has 1 fully saturated rings. The van der Waals surface area contributed by atoms with E-state index in [1.807, 2.05) is 19.9 Å². The predicted octanol–water partition coefficient (Wildman–Crippen LogP) is 3.26. The van der Waals surface area contributed by atoms with Gasteiger partial charge in [0.25, 0.3) is 10.0 Å². The summed E-state index contributed by atoms with van der Waals surface area (Å²) >= 11 is 0. The summed E-state index contributed by atoms with van der Waals surface area (Å²) in [5.41, 5.74) is 4.79. The maximum absolute atomic E-state index is 13.4. The molecule has 1 N–H and O–H groups in total. The molecule has 11 heteroatoms. The van der Waals surface area contributed by atoms with Crippen molar-refractivity contribution in [3.8, 4) is 11.1 Å². The molecule has 0 amide bonds. The van der Waals surface area contributed by atoms with Crippen LogP contribution in [0.25, 0.3) is 33.3 Å². The number of imidazole rings is 1. The molecule has 4 aromatic heterocycles. The molecule has 0 aliphatic carbocycles. The zero-order chi connectivity index (χ0) is 26.4. The number of H-pyrrole nitrogens is 1. The molecular formula is C27H27N5O5S. The van der Waals surface area contributed by atoms with E-state index in [-0.39, 0.29) is 16.7 Å². The van der Waals surface area contributed by atoms with Crippen molar-refractivity contribution in [2.24, 2.45) is 0 Å². The van der Waals surface area contributed by atoms with Gasteiger partial charge < -0.3 is 9.47 Å². The zero-order valence-electron chi connectivity index (χ0n) is 21.0. The Kier molecular flexibility index (Phi) is 6.13. The molecule has 0 unspecified atom stereocenters. The van der Waals surface area contributed by atoms with E-state index < -0.39 is 10.0 Å². The van der Waals surface area contributed by atoms with Crippen molar-refractivity contribution in [1.29, 1.82) is 0 Å². The number of nitrogens with one attached hydrogen (secondary N) is 1. The quantitative estimate of drug-likeness (QED) is 0.356. The van der Waals surface area contributed by atoms with Crippen molar-refractivity contribution in [1.82, 2.24) is 23.5 Å². The van der Waals surface area contributed by atoms with Crippen molar-refractivity contribution in [2.45, 2.75) is 37.8 Å². The van der Waals surface area contributed by atoms with E-state index in [0.29, 0.717) is 49.6 Å². The van der Waals surface area contributed by atoms with E-state index in [9.17, 15) is 13.2 Å². The van der Waals surface area contributed by atoms with Gasteiger partial charge in [0.1, 0.15) is 0 Å². The van der Waals surface area contributed by atoms with Gasteiger partial charge in [-0.2, -0.15) is 0 Å². The molecule has 1 saturated heterocycles. The molecular weight excluding hydrogens is 506 g/mol. The molecule has 10 nitrogen and oxygen atoms in total. The van der Waals surface area contributed by atoms with Gasteiger partial charge in [0.05, 0.1) is 42.9 Å². The summed E-state index contributed by atoms with van der Waals surface area (Å²) in [7, 11) is -3.81. The molecule has 1 aliphatic rings. The second kappa shape index (κ2) is 9.50. The smallest absolute Gasteiger partial charge is 0.327 e. The number of benzene rings is 1. The highest BCUT2D eigenvalue weighted by molar-refractivity contribution is 7.90. The van der Waals surface area contributed by atoms with Gasteiger partial charge in [0.15, 0.2) is 11.3 Å². The lowest BCUT2D eigenvalue weighted by Crippen LogP contribution is -2.34. The predicted molar refractivity (Wildman–Crippen MR) is 143 cm³/mol. The van der Waals surface area contributed by atoms with Crippen LogP contribution in [0.5, 0.6) is 0 Å². The number of nitrogens with zero attached hydrogens (tertiary/aromatic N) is 4. The lowest BCUT2D eigenvalue weighted by atomic mass is 9.99.